The number of rotatable bonds is 0. The fraction of sp³-hybridized carbons (Fsp3) is 0.154. The molecule has 0 aliphatic rings. The van der Waals surface area contributed by atoms with Crippen LogP contribution in [0, 0.1) is 13.8 Å². The number of fused-ring (bicyclic) bond motifs is 3. The van der Waals surface area contributed by atoms with E-state index in [2.05, 4.69) is 59.8 Å². The van der Waals surface area contributed by atoms with E-state index in [9.17, 15) is 0 Å². The minimum atomic E-state index is 1.02. The first-order chi connectivity index (χ1) is 7.25. The minimum Gasteiger partial charge on any atom is -0.299 e. The molecule has 0 aliphatic carbocycles. The van der Waals surface area contributed by atoms with Crippen molar-refractivity contribution in [1.29, 1.82) is 0 Å². The Kier molecular flexibility index (Phi) is 1.60. The van der Waals surface area contributed by atoms with Crippen LogP contribution in [-0.2, 0) is 0 Å². The Bertz CT molecular complexity index is 650. The number of imidazole rings is 1. The van der Waals surface area contributed by atoms with Crippen LogP contribution >= 0.6 is 0 Å². The third-order valence-corrected chi connectivity index (χ3v) is 2.77. The summed E-state index contributed by atoms with van der Waals surface area (Å²) in [6.45, 7) is 4.22. The second-order valence-electron chi connectivity index (χ2n) is 3.99. The predicted molar refractivity (Wildman–Crippen MR) is 62.2 cm³/mol. The van der Waals surface area contributed by atoms with Gasteiger partial charge in [-0.05, 0) is 37.1 Å². The van der Waals surface area contributed by atoms with Crippen molar-refractivity contribution >= 4 is 16.7 Å². The Morgan fingerprint density at radius 2 is 1.93 bits per heavy atom. The highest BCUT2D eigenvalue weighted by molar-refractivity contribution is 5.83. The number of hydrogen-bond acceptors (Lipinski definition) is 1. The second-order valence-corrected chi connectivity index (χ2v) is 3.99. The first-order valence-electron chi connectivity index (χ1n) is 5.10. The molecular weight excluding hydrogens is 184 g/mol. The Labute approximate surface area is 88.2 Å². The molecule has 3 aromatic rings. The monoisotopic (exact) mass is 196 g/mol. The lowest BCUT2D eigenvalue weighted by Gasteiger charge is -1.99. The summed E-state index contributed by atoms with van der Waals surface area (Å²) in [6, 6.07) is 10.4. The summed E-state index contributed by atoms with van der Waals surface area (Å²) in [5.74, 6) is 0. The molecule has 74 valence electrons. The molecule has 0 saturated carbocycles. The molecule has 2 heteroatoms. The maximum atomic E-state index is 4.58. The zero-order valence-electron chi connectivity index (χ0n) is 8.86. The molecule has 0 atom stereocenters. The van der Waals surface area contributed by atoms with Gasteiger partial charge in [0.1, 0.15) is 5.65 Å². The van der Waals surface area contributed by atoms with Gasteiger partial charge in [0.05, 0.1) is 11.0 Å². The highest BCUT2D eigenvalue weighted by Gasteiger charge is 2.05. The second kappa shape index (κ2) is 2.83. The normalized spacial score (nSPS) is 11.3. The molecule has 1 aromatic carbocycles. The van der Waals surface area contributed by atoms with Gasteiger partial charge in [-0.15, -0.1) is 0 Å². The third kappa shape index (κ3) is 1.14. The van der Waals surface area contributed by atoms with Gasteiger partial charge < -0.3 is 0 Å². The Balaban J connectivity index is 2.61. The van der Waals surface area contributed by atoms with E-state index in [1.165, 1.54) is 16.6 Å². The fourth-order valence-electron chi connectivity index (χ4n) is 2.04. The van der Waals surface area contributed by atoms with Crippen LogP contribution in [0.4, 0.5) is 0 Å². The van der Waals surface area contributed by atoms with Crippen LogP contribution in [0.3, 0.4) is 0 Å². The fourth-order valence-corrected chi connectivity index (χ4v) is 2.04. The molecule has 2 nitrogen and oxygen atoms in total. The SMILES string of the molecule is Cc1ccc2nc3cccc(C)c3n2c1. The molecule has 0 fully saturated rings. The average Bonchev–Trinajstić information content (AvgIpc) is 2.57. The van der Waals surface area contributed by atoms with Crippen LogP contribution < -0.4 is 0 Å². The van der Waals surface area contributed by atoms with Crippen molar-refractivity contribution in [2.45, 2.75) is 13.8 Å². The lowest BCUT2D eigenvalue weighted by Crippen LogP contribution is -1.87. The van der Waals surface area contributed by atoms with Crippen molar-refractivity contribution in [3.63, 3.8) is 0 Å². The van der Waals surface area contributed by atoms with Crippen molar-refractivity contribution in [1.82, 2.24) is 9.38 Å². The number of pyridine rings is 1. The lowest BCUT2D eigenvalue weighted by atomic mass is 10.2. The van der Waals surface area contributed by atoms with Crippen molar-refractivity contribution in [3.8, 4) is 0 Å². The summed E-state index contributed by atoms with van der Waals surface area (Å²) in [7, 11) is 0. The third-order valence-electron chi connectivity index (χ3n) is 2.77. The number of aryl methyl sites for hydroxylation is 2. The maximum absolute atomic E-state index is 4.58. The van der Waals surface area contributed by atoms with Crippen molar-refractivity contribution in [2.24, 2.45) is 0 Å². The molecule has 0 N–H and O–H groups in total. The van der Waals surface area contributed by atoms with Gasteiger partial charge in [0, 0.05) is 6.20 Å². The molecule has 15 heavy (non-hydrogen) atoms. The van der Waals surface area contributed by atoms with E-state index in [-0.39, 0.29) is 0 Å². The molecule has 0 bridgehead atoms. The first kappa shape index (κ1) is 8.48. The number of hydrogen-bond donors (Lipinski definition) is 0. The van der Waals surface area contributed by atoms with Gasteiger partial charge in [-0.1, -0.05) is 18.2 Å². The van der Waals surface area contributed by atoms with Crippen molar-refractivity contribution in [2.75, 3.05) is 0 Å². The van der Waals surface area contributed by atoms with E-state index in [1.54, 1.807) is 0 Å². The zero-order valence-corrected chi connectivity index (χ0v) is 8.86. The Morgan fingerprint density at radius 3 is 2.80 bits per heavy atom. The summed E-state index contributed by atoms with van der Waals surface area (Å²) in [5, 5.41) is 0. The molecule has 0 unspecified atom stereocenters. The van der Waals surface area contributed by atoms with Crippen LogP contribution in [0.15, 0.2) is 36.5 Å². The van der Waals surface area contributed by atoms with E-state index >= 15 is 0 Å². The molecule has 0 radical (unpaired) electrons. The van der Waals surface area contributed by atoms with Gasteiger partial charge in [-0.3, -0.25) is 4.40 Å². The highest BCUT2D eigenvalue weighted by atomic mass is 15.0. The van der Waals surface area contributed by atoms with Crippen LogP contribution in [-0.4, -0.2) is 9.38 Å². The van der Waals surface area contributed by atoms with Crippen LogP contribution in [0.5, 0.6) is 0 Å². The lowest BCUT2D eigenvalue weighted by molar-refractivity contribution is 1.18. The van der Waals surface area contributed by atoms with E-state index in [0.717, 1.165) is 11.2 Å². The minimum absolute atomic E-state index is 1.02. The number of aromatic nitrogens is 2. The Morgan fingerprint density at radius 1 is 1.07 bits per heavy atom. The molecule has 2 aromatic heterocycles. The molecule has 3 rings (SSSR count). The average molecular weight is 196 g/mol. The van der Waals surface area contributed by atoms with Crippen LogP contribution in [0.1, 0.15) is 11.1 Å². The Hall–Kier alpha value is -1.83. The van der Waals surface area contributed by atoms with Crippen molar-refractivity contribution < 1.29 is 0 Å². The molecule has 0 amide bonds. The van der Waals surface area contributed by atoms with Gasteiger partial charge in [0.2, 0.25) is 0 Å². The number of para-hydroxylation sites is 1. The van der Waals surface area contributed by atoms with Gasteiger partial charge in [0.25, 0.3) is 0 Å². The standard InChI is InChI=1S/C13H12N2/c1-9-6-7-12-14-11-5-3-4-10(2)13(11)15(12)8-9/h3-8H,1-2H3. The summed E-state index contributed by atoms with van der Waals surface area (Å²) in [5.41, 5.74) is 5.83. The van der Waals surface area contributed by atoms with Gasteiger partial charge >= 0.3 is 0 Å². The topological polar surface area (TPSA) is 17.3 Å². The molecule has 2 heterocycles. The van der Waals surface area contributed by atoms with Gasteiger partial charge in [-0.25, -0.2) is 4.98 Å². The maximum Gasteiger partial charge on any atom is 0.137 e. The van der Waals surface area contributed by atoms with Crippen LogP contribution in [0.25, 0.3) is 16.7 Å². The van der Waals surface area contributed by atoms with E-state index in [1.807, 2.05) is 0 Å². The van der Waals surface area contributed by atoms with Crippen molar-refractivity contribution in [3.05, 3.63) is 47.7 Å². The summed E-state index contributed by atoms with van der Waals surface area (Å²) >= 11 is 0. The molecular formula is C13H12N2. The summed E-state index contributed by atoms with van der Waals surface area (Å²) in [4.78, 5) is 4.58. The van der Waals surface area contributed by atoms with E-state index < -0.39 is 0 Å². The molecule has 0 saturated heterocycles. The van der Waals surface area contributed by atoms with Gasteiger partial charge in [-0.2, -0.15) is 0 Å². The zero-order chi connectivity index (χ0) is 10.4. The smallest absolute Gasteiger partial charge is 0.137 e. The quantitative estimate of drug-likeness (QED) is 0.540. The highest BCUT2D eigenvalue weighted by Crippen LogP contribution is 2.20. The van der Waals surface area contributed by atoms with Crippen LogP contribution in [0.2, 0.25) is 0 Å². The summed E-state index contributed by atoms with van der Waals surface area (Å²) in [6.07, 6.45) is 2.14. The predicted octanol–water partition coefficient (Wildman–Crippen LogP) is 3.10. The van der Waals surface area contributed by atoms with Gasteiger partial charge in [0.15, 0.2) is 0 Å². The first-order valence-corrected chi connectivity index (χ1v) is 5.10. The number of nitrogens with zero attached hydrogens (tertiary/aromatic N) is 2. The summed E-state index contributed by atoms with van der Waals surface area (Å²) < 4.78 is 2.17. The number of benzene rings is 1. The molecule has 0 spiro atoms. The largest absolute Gasteiger partial charge is 0.299 e. The van der Waals surface area contributed by atoms with E-state index in [0.29, 0.717) is 0 Å². The van der Waals surface area contributed by atoms with E-state index in [4.69, 9.17) is 0 Å². The molecule has 0 aliphatic heterocycles.